The Hall–Kier alpha value is -2.22. The van der Waals surface area contributed by atoms with Crippen molar-refractivity contribution in [2.24, 2.45) is 23.7 Å². The van der Waals surface area contributed by atoms with Crippen LogP contribution in [0.1, 0.15) is 81.6 Å². The van der Waals surface area contributed by atoms with Gasteiger partial charge >= 0.3 is 11.9 Å². The minimum atomic E-state index is -1.75. The van der Waals surface area contributed by atoms with Gasteiger partial charge in [0.15, 0.2) is 18.2 Å². The number of cyclic esters (lactones) is 1. The molecule has 0 amide bonds. The van der Waals surface area contributed by atoms with Crippen molar-refractivity contribution >= 4 is 23.5 Å². The third kappa shape index (κ3) is 8.88. The standard InChI is InChI=1S/C35H57NO11/c1-12-26-35(9,41)31-21(4)27(38)19(2)18-34(8,43-16-14-13-15-42-31)30(22(5)28(39)23(6)32(40)46-26)47-33-29(45-24(7)37)25(36(10)11)17-20(3)44-33/h13-14,19-23,25-26,29-31,33,41H,12,15-18H2,1-11H3/b14-13+/t19-,20-,21+,22-,23?,25+,26-,29-,30-,31-,33+,34+,35-/m1/s1. The van der Waals surface area contributed by atoms with E-state index in [9.17, 15) is 24.3 Å². The van der Waals surface area contributed by atoms with Crippen LogP contribution in [-0.4, -0.2) is 115 Å². The minimum Gasteiger partial charge on any atom is -0.459 e. The molecule has 0 aromatic rings. The van der Waals surface area contributed by atoms with E-state index in [1.165, 1.54) is 20.8 Å². The van der Waals surface area contributed by atoms with Gasteiger partial charge in [-0.15, -0.1) is 0 Å². The summed E-state index contributed by atoms with van der Waals surface area (Å²) in [6.07, 6.45) is -0.881. The summed E-state index contributed by atoms with van der Waals surface area (Å²) in [6, 6.07) is -0.254. The van der Waals surface area contributed by atoms with Gasteiger partial charge in [-0.1, -0.05) is 39.8 Å². The van der Waals surface area contributed by atoms with Gasteiger partial charge in [0.25, 0.3) is 0 Å². The summed E-state index contributed by atoms with van der Waals surface area (Å²) in [7, 11) is 3.76. The Labute approximate surface area is 279 Å². The van der Waals surface area contributed by atoms with Gasteiger partial charge in [0.2, 0.25) is 0 Å². The van der Waals surface area contributed by atoms with E-state index < -0.39 is 83.3 Å². The van der Waals surface area contributed by atoms with E-state index in [-0.39, 0.29) is 44.0 Å². The molecule has 2 bridgehead atoms. The maximum absolute atomic E-state index is 14.2. The third-order valence-corrected chi connectivity index (χ3v) is 10.1. The van der Waals surface area contributed by atoms with Gasteiger partial charge in [0.1, 0.15) is 23.4 Å². The second-order valence-corrected chi connectivity index (χ2v) is 14.3. The Balaban J connectivity index is 2.22. The SMILES string of the molecule is CC[C@H]1OC(=O)C(C)C(=O)[C@@H](C)[C@@H](O[C@@H]2O[C@H](C)C[C@H](N(C)C)[C@H]2OC(C)=O)[C@]2(C)C[C@@H](C)C(=O)[C@H](C)[C@@H](OC/C=C/CO2)[C@]1(C)O. The van der Waals surface area contributed by atoms with Crippen molar-refractivity contribution < 1.29 is 52.7 Å². The molecule has 3 heterocycles. The van der Waals surface area contributed by atoms with Gasteiger partial charge in [0.05, 0.1) is 43.2 Å². The van der Waals surface area contributed by atoms with E-state index in [1.54, 1.807) is 46.8 Å². The lowest BCUT2D eigenvalue weighted by atomic mass is 9.74. The van der Waals surface area contributed by atoms with Crippen molar-refractivity contribution in [1.29, 1.82) is 0 Å². The predicted molar refractivity (Wildman–Crippen MR) is 172 cm³/mol. The van der Waals surface area contributed by atoms with Crippen molar-refractivity contribution in [3.8, 4) is 0 Å². The highest BCUT2D eigenvalue weighted by molar-refractivity contribution is 6.00. The Bertz CT molecular complexity index is 1150. The number of ether oxygens (including phenoxy) is 6. The molecule has 13 atom stereocenters. The first-order chi connectivity index (χ1) is 21.8. The van der Waals surface area contributed by atoms with Crippen molar-refractivity contribution in [1.82, 2.24) is 4.90 Å². The molecule has 2 saturated heterocycles. The fourth-order valence-electron chi connectivity index (χ4n) is 7.51. The number of carbonyl (C=O) groups is 4. The smallest absolute Gasteiger partial charge is 0.316 e. The van der Waals surface area contributed by atoms with Gasteiger partial charge < -0.3 is 38.4 Å². The number of aliphatic hydroxyl groups is 1. The quantitative estimate of drug-likeness (QED) is 0.261. The number of nitrogens with zero attached hydrogens (tertiary/aromatic N) is 1. The molecular weight excluding hydrogens is 610 g/mol. The number of esters is 2. The van der Waals surface area contributed by atoms with Crippen LogP contribution in [0, 0.1) is 23.7 Å². The number of likely N-dealkylation sites (N-methyl/N-ethyl adjacent to an activating group) is 1. The van der Waals surface area contributed by atoms with Crippen LogP contribution >= 0.6 is 0 Å². The van der Waals surface area contributed by atoms with Crippen LogP contribution in [0.5, 0.6) is 0 Å². The third-order valence-electron chi connectivity index (χ3n) is 10.1. The van der Waals surface area contributed by atoms with E-state index in [1.807, 2.05) is 25.9 Å². The average Bonchev–Trinajstić information content (AvgIpc) is 2.99. The summed E-state index contributed by atoms with van der Waals surface area (Å²) >= 11 is 0. The highest BCUT2D eigenvalue weighted by atomic mass is 16.7. The molecule has 1 N–H and O–H groups in total. The molecule has 3 aliphatic rings. The molecule has 268 valence electrons. The summed E-state index contributed by atoms with van der Waals surface area (Å²) in [6.45, 7) is 15.1. The fourth-order valence-corrected chi connectivity index (χ4v) is 7.51. The van der Waals surface area contributed by atoms with Crippen LogP contribution in [0.3, 0.4) is 0 Å². The molecule has 12 nitrogen and oxygen atoms in total. The van der Waals surface area contributed by atoms with Crippen LogP contribution in [0.25, 0.3) is 0 Å². The van der Waals surface area contributed by atoms with E-state index >= 15 is 0 Å². The number of rotatable bonds is 5. The van der Waals surface area contributed by atoms with Crippen LogP contribution in [-0.2, 0) is 47.6 Å². The average molecular weight is 668 g/mol. The summed E-state index contributed by atoms with van der Waals surface area (Å²) in [5.41, 5.74) is -3.02. The molecule has 0 aliphatic carbocycles. The first-order valence-electron chi connectivity index (χ1n) is 16.9. The fraction of sp³-hybridized carbons (Fsp3) is 0.829. The largest absolute Gasteiger partial charge is 0.459 e. The number of hydrogen-bond donors (Lipinski definition) is 1. The number of ketones is 2. The summed E-state index contributed by atoms with van der Waals surface area (Å²) in [4.78, 5) is 56.1. The second-order valence-electron chi connectivity index (χ2n) is 14.3. The van der Waals surface area contributed by atoms with Crippen LogP contribution in [0.4, 0.5) is 0 Å². The second kappa shape index (κ2) is 16.0. The topological polar surface area (TPSA) is 147 Å². The number of carbonyl (C=O) groups excluding carboxylic acids is 4. The lowest BCUT2D eigenvalue weighted by Gasteiger charge is -2.48. The molecule has 0 radical (unpaired) electrons. The Kier molecular flexibility index (Phi) is 13.3. The van der Waals surface area contributed by atoms with E-state index in [2.05, 4.69) is 0 Å². The predicted octanol–water partition coefficient (Wildman–Crippen LogP) is 3.26. The first-order valence-corrected chi connectivity index (χ1v) is 16.9. The van der Waals surface area contributed by atoms with E-state index in [0.717, 1.165) is 0 Å². The molecular formula is C35H57NO11. The first kappa shape index (κ1) is 39.2. The van der Waals surface area contributed by atoms with Crippen LogP contribution in [0.2, 0.25) is 0 Å². The molecule has 1 unspecified atom stereocenters. The zero-order valence-corrected chi connectivity index (χ0v) is 30.0. The molecule has 12 heteroatoms. The summed E-state index contributed by atoms with van der Waals surface area (Å²) in [5, 5.41) is 11.8. The Morgan fingerprint density at radius 3 is 2.26 bits per heavy atom. The molecule has 0 spiro atoms. The Morgan fingerprint density at radius 2 is 1.66 bits per heavy atom. The van der Waals surface area contributed by atoms with E-state index in [0.29, 0.717) is 6.42 Å². The normalized spacial score (nSPS) is 43.6. The van der Waals surface area contributed by atoms with Crippen LogP contribution in [0.15, 0.2) is 12.2 Å². The molecule has 47 heavy (non-hydrogen) atoms. The van der Waals surface area contributed by atoms with Crippen LogP contribution < -0.4 is 0 Å². The molecule has 0 aromatic heterocycles. The zero-order chi connectivity index (χ0) is 35.4. The lowest BCUT2D eigenvalue weighted by molar-refractivity contribution is -0.299. The molecule has 3 aliphatic heterocycles. The van der Waals surface area contributed by atoms with Crippen molar-refractivity contribution in [2.45, 2.75) is 136 Å². The van der Waals surface area contributed by atoms with Crippen molar-refractivity contribution in [3.05, 3.63) is 12.2 Å². The van der Waals surface area contributed by atoms with Crippen molar-refractivity contribution in [2.75, 3.05) is 27.3 Å². The summed E-state index contributed by atoms with van der Waals surface area (Å²) in [5.74, 6) is -5.57. The Morgan fingerprint density at radius 1 is 1.02 bits per heavy atom. The lowest BCUT2D eigenvalue weighted by Crippen LogP contribution is -2.61. The molecule has 0 saturated carbocycles. The number of fused-ring (bicyclic) bond motifs is 5. The van der Waals surface area contributed by atoms with Gasteiger partial charge in [0, 0.05) is 24.7 Å². The highest BCUT2D eigenvalue weighted by Crippen LogP contribution is 2.39. The highest BCUT2D eigenvalue weighted by Gasteiger charge is 2.53. The maximum Gasteiger partial charge on any atom is 0.316 e. The van der Waals surface area contributed by atoms with Gasteiger partial charge in [-0.2, -0.15) is 0 Å². The molecule has 2 fully saturated rings. The van der Waals surface area contributed by atoms with Gasteiger partial charge in [-0.25, -0.2) is 0 Å². The monoisotopic (exact) mass is 667 g/mol. The van der Waals surface area contributed by atoms with Crippen molar-refractivity contribution in [3.63, 3.8) is 0 Å². The zero-order valence-electron chi connectivity index (χ0n) is 30.0. The maximum atomic E-state index is 14.2. The molecule has 3 rings (SSSR count). The summed E-state index contributed by atoms with van der Waals surface area (Å²) < 4.78 is 37.3. The van der Waals surface area contributed by atoms with Gasteiger partial charge in [-0.05, 0) is 61.1 Å². The molecule has 0 aromatic carbocycles. The number of hydrogen-bond acceptors (Lipinski definition) is 12. The van der Waals surface area contributed by atoms with E-state index in [4.69, 9.17) is 28.4 Å². The van der Waals surface area contributed by atoms with Gasteiger partial charge in [-0.3, -0.25) is 19.2 Å². The number of Topliss-reactive ketones (excluding diaryl/α,β-unsaturated/α-hetero) is 2. The minimum absolute atomic E-state index is 0.0757.